The van der Waals surface area contributed by atoms with E-state index in [0.29, 0.717) is 27.7 Å². The number of rotatable bonds is 3. The Morgan fingerprint density at radius 2 is 2.09 bits per heavy atom. The lowest BCUT2D eigenvalue weighted by Crippen LogP contribution is -2.20. The van der Waals surface area contributed by atoms with E-state index < -0.39 is 0 Å². The van der Waals surface area contributed by atoms with Gasteiger partial charge in [-0.05, 0) is 19.2 Å². The third kappa shape index (κ3) is 2.71. The predicted octanol–water partition coefficient (Wildman–Crippen LogP) is 2.67. The molecule has 0 N–H and O–H groups in total. The van der Waals surface area contributed by atoms with E-state index in [2.05, 4.69) is 15.1 Å². The van der Waals surface area contributed by atoms with Crippen LogP contribution in [0.4, 0.5) is 0 Å². The van der Waals surface area contributed by atoms with Gasteiger partial charge in [0.15, 0.2) is 0 Å². The summed E-state index contributed by atoms with van der Waals surface area (Å²) in [6, 6.07) is 3.10. The Kier molecular flexibility index (Phi) is 4.12. The fourth-order valence-electron chi connectivity index (χ4n) is 2.09. The van der Waals surface area contributed by atoms with E-state index in [-0.39, 0.29) is 5.56 Å². The van der Waals surface area contributed by atoms with Crippen molar-refractivity contribution in [2.75, 3.05) is 6.26 Å². The molecule has 0 aliphatic carbocycles. The molecule has 0 aliphatic rings. The minimum atomic E-state index is -0.211. The Balaban J connectivity index is 2.17. The Labute approximate surface area is 140 Å². The molecule has 0 saturated carbocycles. The second kappa shape index (κ2) is 5.91. The first-order valence-corrected chi connectivity index (χ1v) is 8.29. The topological polar surface area (TPSA) is 65.1 Å². The van der Waals surface area contributed by atoms with E-state index >= 15 is 0 Å². The normalized spacial score (nSPS) is 11.3. The standard InChI is InChI=1S/C13H11Cl2N5OS/c1-7-3-11(21)20-13(17-12(18-20)22-2)19(7)6-8-5-16-10(15)4-9(8)14/h3-5H,6H2,1-2H3. The van der Waals surface area contributed by atoms with E-state index in [4.69, 9.17) is 23.2 Å². The van der Waals surface area contributed by atoms with Crippen molar-refractivity contribution in [1.29, 1.82) is 0 Å². The smallest absolute Gasteiger partial charge is 0.275 e. The van der Waals surface area contributed by atoms with Crippen LogP contribution in [0.15, 0.2) is 28.3 Å². The highest BCUT2D eigenvalue weighted by molar-refractivity contribution is 7.98. The number of pyridine rings is 1. The zero-order chi connectivity index (χ0) is 15.9. The van der Waals surface area contributed by atoms with Gasteiger partial charge >= 0.3 is 0 Å². The Hall–Kier alpha value is -1.57. The van der Waals surface area contributed by atoms with Gasteiger partial charge in [0.1, 0.15) is 5.15 Å². The summed E-state index contributed by atoms with van der Waals surface area (Å²) in [5.41, 5.74) is 1.34. The Bertz CT molecular complexity index is 921. The number of hydrogen-bond donors (Lipinski definition) is 0. The molecule has 0 unspecified atom stereocenters. The van der Waals surface area contributed by atoms with Crippen LogP contribution in [-0.4, -0.2) is 30.4 Å². The van der Waals surface area contributed by atoms with Crippen LogP contribution in [-0.2, 0) is 6.54 Å². The Morgan fingerprint density at radius 1 is 1.32 bits per heavy atom. The molecule has 0 radical (unpaired) electrons. The quantitative estimate of drug-likeness (QED) is 0.533. The molecule has 0 saturated heterocycles. The summed E-state index contributed by atoms with van der Waals surface area (Å²) in [5.74, 6) is 0.473. The summed E-state index contributed by atoms with van der Waals surface area (Å²) in [7, 11) is 0. The van der Waals surface area contributed by atoms with Crippen molar-refractivity contribution in [2.24, 2.45) is 0 Å². The van der Waals surface area contributed by atoms with Crippen molar-refractivity contribution in [2.45, 2.75) is 18.6 Å². The lowest BCUT2D eigenvalue weighted by atomic mass is 10.2. The fourth-order valence-corrected chi connectivity index (χ4v) is 2.85. The number of aryl methyl sites for hydroxylation is 1. The van der Waals surface area contributed by atoms with Gasteiger partial charge in [-0.15, -0.1) is 5.10 Å². The molecule has 6 nitrogen and oxygen atoms in total. The van der Waals surface area contributed by atoms with Gasteiger partial charge in [0, 0.05) is 23.5 Å². The molecular weight excluding hydrogens is 345 g/mol. The maximum Gasteiger partial charge on any atom is 0.275 e. The van der Waals surface area contributed by atoms with E-state index in [1.54, 1.807) is 12.3 Å². The van der Waals surface area contributed by atoms with Gasteiger partial charge in [0.05, 0.1) is 11.6 Å². The molecule has 3 rings (SSSR count). The second-order valence-corrected chi connectivity index (χ2v) is 6.19. The van der Waals surface area contributed by atoms with Crippen molar-refractivity contribution < 1.29 is 0 Å². The third-order valence-corrected chi connectivity index (χ3v) is 4.28. The van der Waals surface area contributed by atoms with Crippen molar-refractivity contribution in [3.8, 4) is 0 Å². The molecule has 3 aromatic heterocycles. The van der Waals surface area contributed by atoms with E-state index in [1.165, 1.54) is 22.3 Å². The highest BCUT2D eigenvalue weighted by Gasteiger charge is 2.13. The number of fused-ring (bicyclic) bond motifs is 1. The van der Waals surface area contributed by atoms with Gasteiger partial charge in [0.2, 0.25) is 10.9 Å². The predicted molar refractivity (Wildman–Crippen MR) is 87.1 cm³/mol. The van der Waals surface area contributed by atoms with Gasteiger partial charge < -0.3 is 4.57 Å². The van der Waals surface area contributed by atoms with E-state index in [0.717, 1.165) is 11.3 Å². The van der Waals surface area contributed by atoms with Crippen LogP contribution in [0.3, 0.4) is 0 Å². The molecule has 0 amide bonds. The highest BCUT2D eigenvalue weighted by atomic mass is 35.5. The monoisotopic (exact) mass is 355 g/mol. The summed E-state index contributed by atoms with van der Waals surface area (Å²) in [4.78, 5) is 20.5. The molecule has 114 valence electrons. The number of thioether (sulfide) groups is 1. The van der Waals surface area contributed by atoms with Crippen molar-refractivity contribution in [3.05, 3.63) is 50.1 Å². The summed E-state index contributed by atoms with van der Waals surface area (Å²) in [6.07, 6.45) is 3.47. The number of aromatic nitrogens is 5. The SMILES string of the molecule is CSc1nc2n(Cc3cnc(Cl)cc3Cl)c(C)cc(=O)n2n1. The van der Waals surface area contributed by atoms with E-state index in [1.807, 2.05) is 17.7 Å². The molecular formula is C13H11Cl2N5OS. The van der Waals surface area contributed by atoms with Crippen LogP contribution in [0.25, 0.3) is 5.78 Å². The molecule has 3 aromatic rings. The molecule has 22 heavy (non-hydrogen) atoms. The maximum absolute atomic E-state index is 12.0. The van der Waals surface area contributed by atoms with E-state index in [9.17, 15) is 4.79 Å². The lowest BCUT2D eigenvalue weighted by Gasteiger charge is -2.12. The molecule has 3 heterocycles. The van der Waals surface area contributed by atoms with Crippen molar-refractivity contribution in [1.82, 2.24) is 24.1 Å². The fraction of sp³-hybridized carbons (Fsp3) is 0.231. The van der Waals surface area contributed by atoms with Crippen molar-refractivity contribution >= 4 is 40.7 Å². The minimum absolute atomic E-state index is 0.211. The first-order chi connectivity index (χ1) is 10.5. The van der Waals surface area contributed by atoms with Crippen LogP contribution < -0.4 is 5.56 Å². The van der Waals surface area contributed by atoms with Gasteiger partial charge in [-0.2, -0.15) is 9.50 Å². The molecule has 0 bridgehead atoms. The first-order valence-electron chi connectivity index (χ1n) is 6.30. The molecule has 0 fully saturated rings. The summed E-state index contributed by atoms with van der Waals surface area (Å²) in [6.45, 7) is 2.26. The summed E-state index contributed by atoms with van der Waals surface area (Å²) >= 11 is 13.4. The molecule has 9 heteroatoms. The number of nitrogens with zero attached hydrogens (tertiary/aromatic N) is 5. The molecule has 0 spiro atoms. The largest absolute Gasteiger partial charge is 0.310 e. The van der Waals surface area contributed by atoms with Gasteiger partial charge in [-0.1, -0.05) is 35.0 Å². The number of hydrogen-bond acceptors (Lipinski definition) is 5. The summed E-state index contributed by atoms with van der Waals surface area (Å²) < 4.78 is 3.15. The average Bonchev–Trinajstić information content (AvgIpc) is 2.90. The van der Waals surface area contributed by atoms with Crippen LogP contribution >= 0.6 is 35.0 Å². The zero-order valence-electron chi connectivity index (χ0n) is 11.7. The number of halogens is 2. The van der Waals surface area contributed by atoms with Gasteiger partial charge in [-0.25, -0.2) is 4.98 Å². The lowest BCUT2D eigenvalue weighted by molar-refractivity contribution is 0.727. The second-order valence-electron chi connectivity index (χ2n) is 4.62. The van der Waals surface area contributed by atoms with Gasteiger partial charge in [-0.3, -0.25) is 4.79 Å². The van der Waals surface area contributed by atoms with Crippen LogP contribution in [0, 0.1) is 6.92 Å². The molecule has 0 aliphatic heterocycles. The Morgan fingerprint density at radius 3 is 2.77 bits per heavy atom. The molecule has 0 aromatic carbocycles. The van der Waals surface area contributed by atoms with Crippen LogP contribution in [0.1, 0.15) is 11.3 Å². The van der Waals surface area contributed by atoms with Crippen LogP contribution in [0.2, 0.25) is 10.2 Å². The van der Waals surface area contributed by atoms with Gasteiger partial charge in [0.25, 0.3) is 5.56 Å². The van der Waals surface area contributed by atoms with Crippen LogP contribution in [0.5, 0.6) is 0 Å². The van der Waals surface area contributed by atoms with Crippen molar-refractivity contribution in [3.63, 3.8) is 0 Å². The highest BCUT2D eigenvalue weighted by Crippen LogP contribution is 2.21. The minimum Gasteiger partial charge on any atom is -0.310 e. The first kappa shape index (κ1) is 15.3. The molecule has 0 atom stereocenters. The average molecular weight is 356 g/mol. The maximum atomic E-state index is 12.0. The summed E-state index contributed by atoms with van der Waals surface area (Å²) in [5, 5.41) is 5.57. The third-order valence-electron chi connectivity index (χ3n) is 3.19. The zero-order valence-corrected chi connectivity index (χ0v) is 14.1.